The summed E-state index contributed by atoms with van der Waals surface area (Å²) in [5.74, 6) is 0.742. The van der Waals surface area contributed by atoms with Crippen molar-refractivity contribution in [3.8, 4) is 0 Å². The minimum absolute atomic E-state index is 0.0559. The molecule has 3 rings (SSSR count). The van der Waals surface area contributed by atoms with Gasteiger partial charge in [0.15, 0.2) is 0 Å². The average Bonchev–Trinajstić information content (AvgIpc) is 3.10. The van der Waals surface area contributed by atoms with Gasteiger partial charge < -0.3 is 5.32 Å². The van der Waals surface area contributed by atoms with Crippen LogP contribution >= 0.6 is 0 Å². The Morgan fingerprint density at radius 3 is 2.87 bits per heavy atom. The lowest BCUT2D eigenvalue weighted by atomic mass is 10.1. The summed E-state index contributed by atoms with van der Waals surface area (Å²) in [6.07, 6.45) is 3.52. The highest BCUT2D eigenvalue weighted by Gasteiger charge is 2.26. The van der Waals surface area contributed by atoms with Gasteiger partial charge in [0.05, 0.1) is 26.9 Å². The molecule has 1 aromatic rings. The average molecular weight is 355 g/mol. The molecule has 3 unspecified atom stereocenters. The first-order chi connectivity index (χ1) is 11.0. The van der Waals surface area contributed by atoms with E-state index in [4.69, 9.17) is 0 Å². The second kappa shape index (κ2) is 6.80. The van der Waals surface area contributed by atoms with Gasteiger partial charge in [-0.2, -0.15) is 0 Å². The number of hydrogen-bond donors (Lipinski definition) is 2. The van der Waals surface area contributed by atoms with Crippen molar-refractivity contribution in [3.05, 3.63) is 18.2 Å². The second-order valence-electron chi connectivity index (χ2n) is 6.10. The fourth-order valence-corrected chi connectivity index (χ4v) is 5.73. The lowest BCUT2D eigenvalue weighted by molar-refractivity contribution is 0.501. The number of fused-ring (bicyclic) bond motifs is 1. The minimum atomic E-state index is -3.69. The van der Waals surface area contributed by atoms with E-state index in [1.54, 1.807) is 12.1 Å². The summed E-state index contributed by atoms with van der Waals surface area (Å²) in [4.78, 5) is 4.31. The number of rotatable bonds is 6. The highest BCUT2D eigenvalue weighted by molar-refractivity contribution is 7.99. The maximum atomic E-state index is 12.5. The number of nitrogens with one attached hydrogen (secondary N) is 2. The van der Waals surface area contributed by atoms with E-state index in [-0.39, 0.29) is 9.79 Å². The molecule has 23 heavy (non-hydrogen) atoms. The summed E-state index contributed by atoms with van der Waals surface area (Å²) in [7, 11) is -5.18. The third-order valence-corrected chi connectivity index (χ3v) is 7.04. The first-order valence-electron chi connectivity index (χ1n) is 7.78. The Hall–Kier alpha value is -1.09. The summed E-state index contributed by atoms with van der Waals surface area (Å²) < 4.78 is 39.4. The molecular weight excluding hydrogens is 334 g/mol. The van der Waals surface area contributed by atoms with Crippen molar-refractivity contribution in [1.82, 2.24) is 10.0 Å². The van der Waals surface area contributed by atoms with E-state index >= 15 is 0 Å². The van der Waals surface area contributed by atoms with Crippen LogP contribution in [0.15, 0.2) is 33.0 Å². The Labute approximate surface area is 139 Å². The van der Waals surface area contributed by atoms with Crippen molar-refractivity contribution in [2.24, 2.45) is 10.9 Å². The van der Waals surface area contributed by atoms with E-state index < -0.39 is 20.8 Å². The lowest BCUT2D eigenvalue weighted by Crippen LogP contribution is -2.36. The molecule has 0 aromatic heterocycles. The van der Waals surface area contributed by atoms with Crippen molar-refractivity contribution in [1.29, 1.82) is 0 Å². The van der Waals surface area contributed by atoms with Crippen LogP contribution in [0.5, 0.6) is 0 Å². The molecule has 1 aromatic carbocycles. The SMILES string of the molecule is CC1CCC(NCCNS(=O)(=O)c2cccc3c2S(=O)C=N3)C1. The molecule has 0 radical (unpaired) electrons. The van der Waals surface area contributed by atoms with Crippen LogP contribution in [0.1, 0.15) is 26.2 Å². The molecule has 1 aliphatic heterocycles. The van der Waals surface area contributed by atoms with Crippen LogP contribution in [-0.2, 0) is 20.8 Å². The van der Waals surface area contributed by atoms with E-state index in [1.165, 1.54) is 18.0 Å². The maximum Gasteiger partial charge on any atom is 0.241 e. The van der Waals surface area contributed by atoms with Gasteiger partial charge in [-0.05, 0) is 37.3 Å². The fourth-order valence-electron chi connectivity index (χ4n) is 3.11. The molecule has 6 nitrogen and oxygen atoms in total. The topological polar surface area (TPSA) is 87.6 Å². The van der Waals surface area contributed by atoms with Gasteiger partial charge in [0.1, 0.15) is 4.90 Å². The Balaban J connectivity index is 1.60. The summed E-state index contributed by atoms with van der Waals surface area (Å²) in [5, 5.41) is 3.39. The molecule has 8 heteroatoms. The molecule has 0 bridgehead atoms. The van der Waals surface area contributed by atoms with Crippen molar-refractivity contribution < 1.29 is 12.6 Å². The predicted octanol–water partition coefficient (Wildman–Crippen LogP) is 1.52. The largest absolute Gasteiger partial charge is 0.313 e. The standard InChI is InChI=1S/C15H21N3O3S2/c1-11-5-6-12(9-11)16-7-8-18-23(20,21)14-4-2-3-13-15(14)22(19)10-17-13/h2-4,10-12,16,18H,5-9H2,1H3. The van der Waals surface area contributed by atoms with Crippen LogP contribution in [0.25, 0.3) is 0 Å². The van der Waals surface area contributed by atoms with Gasteiger partial charge in [-0.25, -0.2) is 22.3 Å². The van der Waals surface area contributed by atoms with Crippen molar-refractivity contribution in [3.63, 3.8) is 0 Å². The van der Waals surface area contributed by atoms with Crippen LogP contribution in [-0.4, -0.2) is 37.3 Å². The molecule has 1 aliphatic carbocycles. The third kappa shape index (κ3) is 3.71. The first kappa shape index (κ1) is 16.8. The molecule has 0 spiro atoms. The van der Waals surface area contributed by atoms with Gasteiger partial charge in [0.2, 0.25) is 10.0 Å². The Morgan fingerprint density at radius 1 is 1.30 bits per heavy atom. The van der Waals surface area contributed by atoms with Gasteiger partial charge in [-0.3, -0.25) is 0 Å². The normalized spacial score (nSPS) is 26.6. The summed E-state index contributed by atoms with van der Waals surface area (Å²) >= 11 is 0. The van der Waals surface area contributed by atoms with Crippen molar-refractivity contribution in [2.75, 3.05) is 13.1 Å². The van der Waals surface area contributed by atoms with Crippen LogP contribution in [0, 0.1) is 5.92 Å². The molecular formula is C15H21N3O3S2. The molecule has 0 saturated heterocycles. The monoisotopic (exact) mass is 355 g/mol. The molecule has 1 heterocycles. The quantitative estimate of drug-likeness (QED) is 0.758. The Morgan fingerprint density at radius 2 is 2.13 bits per heavy atom. The minimum Gasteiger partial charge on any atom is -0.313 e. The predicted molar refractivity (Wildman–Crippen MR) is 91.0 cm³/mol. The molecule has 1 fully saturated rings. The van der Waals surface area contributed by atoms with Crippen LogP contribution in [0.4, 0.5) is 5.69 Å². The highest BCUT2D eigenvalue weighted by atomic mass is 32.2. The van der Waals surface area contributed by atoms with E-state index in [0.29, 0.717) is 24.8 Å². The van der Waals surface area contributed by atoms with Gasteiger partial charge in [0.25, 0.3) is 0 Å². The maximum absolute atomic E-state index is 12.5. The zero-order valence-electron chi connectivity index (χ0n) is 13.0. The zero-order valence-corrected chi connectivity index (χ0v) is 14.6. The number of sulfonamides is 1. The molecule has 2 N–H and O–H groups in total. The van der Waals surface area contributed by atoms with Crippen molar-refractivity contribution >= 4 is 32.1 Å². The van der Waals surface area contributed by atoms with Crippen LogP contribution < -0.4 is 10.0 Å². The summed E-state index contributed by atoms with van der Waals surface area (Å²) in [6, 6.07) is 5.24. The van der Waals surface area contributed by atoms with E-state index in [9.17, 15) is 12.6 Å². The van der Waals surface area contributed by atoms with Crippen molar-refractivity contribution in [2.45, 2.75) is 42.0 Å². The number of benzene rings is 1. The van der Waals surface area contributed by atoms with Gasteiger partial charge in [-0.1, -0.05) is 13.0 Å². The summed E-state index contributed by atoms with van der Waals surface area (Å²) in [5.41, 5.74) is 1.73. The first-order valence-corrected chi connectivity index (χ1v) is 10.5. The van der Waals surface area contributed by atoms with Crippen LogP contribution in [0.2, 0.25) is 0 Å². The Kier molecular flexibility index (Phi) is 4.96. The number of hydrogen-bond acceptors (Lipinski definition) is 5. The van der Waals surface area contributed by atoms with E-state index in [0.717, 1.165) is 18.8 Å². The lowest BCUT2D eigenvalue weighted by Gasteiger charge is -2.13. The van der Waals surface area contributed by atoms with E-state index in [1.807, 2.05) is 0 Å². The Bertz CT molecular complexity index is 746. The number of aliphatic imine (C=N–C) groups is 1. The number of nitrogens with zero attached hydrogens (tertiary/aromatic N) is 1. The third-order valence-electron chi connectivity index (χ3n) is 4.28. The smallest absolute Gasteiger partial charge is 0.241 e. The molecule has 1 saturated carbocycles. The fraction of sp³-hybridized carbons (Fsp3) is 0.533. The molecule has 0 amide bonds. The molecule has 126 valence electrons. The summed E-state index contributed by atoms with van der Waals surface area (Å²) in [6.45, 7) is 3.14. The molecule has 3 atom stereocenters. The van der Waals surface area contributed by atoms with Gasteiger partial charge >= 0.3 is 0 Å². The van der Waals surface area contributed by atoms with Gasteiger partial charge in [0, 0.05) is 19.1 Å². The van der Waals surface area contributed by atoms with Crippen LogP contribution in [0.3, 0.4) is 0 Å². The van der Waals surface area contributed by atoms with E-state index in [2.05, 4.69) is 22.0 Å². The highest BCUT2D eigenvalue weighted by Crippen LogP contribution is 2.32. The molecule has 2 aliphatic rings. The second-order valence-corrected chi connectivity index (χ2v) is 9.05. The zero-order chi connectivity index (χ0) is 16.4. The van der Waals surface area contributed by atoms with Gasteiger partial charge in [-0.15, -0.1) is 0 Å².